The van der Waals surface area contributed by atoms with Gasteiger partial charge in [0.15, 0.2) is 0 Å². The van der Waals surface area contributed by atoms with Crippen LogP contribution < -0.4 is 0 Å². The van der Waals surface area contributed by atoms with Gasteiger partial charge in [-0.15, -0.1) is 0 Å². The fourth-order valence-corrected chi connectivity index (χ4v) is 1.53. The summed E-state index contributed by atoms with van der Waals surface area (Å²) in [6.45, 7) is 0. The fourth-order valence-electron chi connectivity index (χ4n) is 1.53. The molecule has 0 spiro atoms. The maximum absolute atomic E-state index is 10.7. The zero-order valence-corrected chi connectivity index (χ0v) is 8.98. The third-order valence-corrected chi connectivity index (χ3v) is 2.26. The van der Waals surface area contributed by atoms with E-state index in [0.717, 1.165) is 11.8 Å². The number of benzene rings is 1. The second-order valence-electron chi connectivity index (χ2n) is 3.41. The predicted molar refractivity (Wildman–Crippen MR) is 64.8 cm³/mol. The van der Waals surface area contributed by atoms with Gasteiger partial charge in [0.1, 0.15) is 0 Å². The minimum Gasteiger partial charge on any atom is -0.259 e. The molecule has 4 heteroatoms. The van der Waals surface area contributed by atoms with E-state index >= 15 is 0 Å². The lowest BCUT2D eigenvalue weighted by Gasteiger charge is -2.03. The molecule has 2 rings (SSSR count). The standard InChI is InChI=1S/C13H10N2O2/c16-15(17)10-12(11-6-2-1-3-7-11)13-8-4-5-9-14-13/h1-10H/b12-10+. The first kappa shape index (κ1) is 11.0. The van der Waals surface area contributed by atoms with Crippen molar-refractivity contribution in [1.82, 2.24) is 4.98 Å². The van der Waals surface area contributed by atoms with Gasteiger partial charge in [-0.05, 0) is 17.7 Å². The van der Waals surface area contributed by atoms with Crippen LogP contribution in [0.25, 0.3) is 5.57 Å². The summed E-state index contributed by atoms with van der Waals surface area (Å²) in [6, 6.07) is 14.5. The Labute approximate surface area is 98.4 Å². The average molecular weight is 226 g/mol. The van der Waals surface area contributed by atoms with Crippen LogP contribution in [0.3, 0.4) is 0 Å². The summed E-state index contributed by atoms with van der Waals surface area (Å²) >= 11 is 0. The van der Waals surface area contributed by atoms with Crippen molar-refractivity contribution in [2.75, 3.05) is 0 Å². The highest BCUT2D eigenvalue weighted by Crippen LogP contribution is 2.20. The molecule has 0 aliphatic rings. The molecule has 0 atom stereocenters. The molecule has 0 bridgehead atoms. The molecule has 0 saturated carbocycles. The van der Waals surface area contributed by atoms with E-state index in [0.29, 0.717) is 11.3 Å². The van der Waals surface area contributed by atoms with Crippen LogP contribution in [-0.2, 0) is 0 Å². The van der Waals surface area contributed by atoms with E-state index in [4.69, 9.17) is 0 Å². The minimum atomic E-state index is -0.461. The molecular weight excluding hydrogens is 216 g/mol. The van der Waals surface area contributed by atoms with Crippen molar-refractivity contribution in [2.24, 2.45) is 0 Å². The Bertz CT molecular complexity index is 494. The van der Waals surface area contributed by atoms with Crippen LogP contribution in [0.15, 0.2) is 60.9 Å². The van der Waals surface area contributed by atoms with Gasteiger partial charge in [-0.25, -0.2) is 0 Å². The summed E-state index contributed by atoms with van der Waals surface area (Å²) in [5.41, 5.74) is 1.88. The van der Waals surface area contributed by atoms with Gasteiger partial charge in [-0.1, -0.05) is 36.4 Å². The largest absolute Gasteiger partial charge is 0.259 e. The Morgan fingerprint density at radius 1 is 1.12 bits per heavy atom. The van der Waals surface area contributed by atoms with Gasteiger partial charge in [0, 0.05) is 6.20 Å². The second kappa shape index (κ2) is 5.03. The first-order valence-corrected chi connectivity index (χ1v) is 5.09. The summed E-state index contributed by atoms with van der Waals surface area (Å²) in [6.07, 6.45) is 2.60. The van der Waals surface area contributed by atoms with Crippen LogP contribution in [0.1, 0.15) is 11.3 Å². The van der Waals surface area contributed by atoms with Crippen LogP contribution in [0.4, 0.5) is 0 Å². The molecule has 0 N–H and O–H groups in total. The lowest BCUT2D eigenvalue weighted by molar-refractivity contribution is -0.401. The predicted octanol–water partition coefficient (Wildman–Crippen LogP) is 2.75. The van der Waals surface area contributed by atoms with Crippen LogP contribution in [0, 0.1) is 10.1 Å². The molecule has 0 fully saturated rings. The lowest BCUT2D eigenvalue weighted by atomic mass is 10.0. The third kappa shape index (κ3) is 2.75. The molecule has 1 heterocycles. The number of rotatable bonds is 3. The van der Waals surface area contributed by atoms with Crippen molar-refractivity contribution in [2.45, 2.75) is 0 Å². The van der Waals surface area contributed by atoms with Crippen molar-refractivity contribution in [3.8, 4) is 0 Å². The number of pyridine rings is 1. The van der Waals surface area contributed by atoms with Gasteiger partial charge in [0.2, 0.25) is 6.20 Å². The highest BCUT2D eigenvalue weighted by molar-refractivity contribution is 5.76. The first-order valence-electron chi connectivity index (χ1n) is 5.09. The molecule has 0 saturated heterocycles. The van der Waals surface area contributed by atoms with Gasteiger partial charge in [0.25, 0.3) is 0 Å². The molecule has 0 aliphatic heterocycles. The maximum atomic E-state index is 10.7. The first-order chi connectivity index (χ1) is 8.27. The van der Waals surface area contributed by atoms with Gasteiger partial charge < -0.3 is 0 Å². The second-order valence-corrected chi connectivity index (χ2v) is 3.41. The smallest absolute Gasteiger partial charge is 0.244 e. The molecule has 0 unspecified atom stereocenters. The molecule has 1 aromatic heterocycles. The maximum Gasteiger partial charge on any atom is 0.244 e. The van der Waals surface area contributed by atoms with Crippen LogP contribution in [0.2, 0.25) is 0 Å². The van der Waals surface area contributed by atoms with Crippen molar-refractivity contribution in [3.05, 3.63) is 82.3 Å². The number of nitro groups is 1. The highest BCUT2D eigenvalue weighted by atomic mass is 16.6. The summed E-state index contributed by atoms with van der Waals surface area (Å²) < 4.78 is 0. The van der Waals surface area contributed by atoms with E-state index < -0.39 is 4.92 Å². The molecule has 0 amide bonds. The topological polar surface area (TPSA) is 56.0 Å². The van der Waals surface area contributed by atoms with E-state index in [2.05, 4.69) is 4.98 Å². The Morgan fingerprint density at radius 2 is 1.82 bits per heavy atom. The molecule has 2 aromatic rings. The van der Waals surface area contributed by atoms with Gasteiger partial charge in [-0.2, -0.15) is 0 Å². The molecule has 0 aliphatic carbocycles. The van der Waals surface area contributed by atoms with E-state index in [-0.39, 0.29) is 0 Å². The molecular formula is C13H10N2O2. The highest BCUT2D eigenvalue weighted by Gasteiger charge is 2.09. The zero-order chi connectivity index (χ0) is 12.1. The lowest BCUT2D eigenvalue weighted by Crippen LogP contribution is -1.95. The molecule has 84 valence electrons. The molecule has 17 heavy (non-hydrogen) atoms. The van der Waals surface area contributed by atoms with Crippen LogP contribution in [-0.4, -0.2) is 9.91 Å². The Kier molecular flexibility index (Phi) is 3.25. The van der Waals surface area contributed by atoms with Crippen LogP contribution >= 0.6 is 0 Å². The van der Waals surface area contributed by atoms with E-state index in [9.17, 15) is 10.1 Å². The summed E-state index contributed by atoms with van der Waals surface area (Å²) in [5, 5.41) is 10.7. The van der Waals surface area contributed by atoms with Gasteiger partial charge in [0.05, 0.1) is 16.2 Å². The summed E-state index contributed by atoms with van der Waals surface area (Å²) in [5.74, 6) is 0. The average Bonchev–Trinajstić information content (AvgIpc) is 2.38. The monoisotopic (exact) mass is 226 g/mol. The van der Waals surface area contributed by atoms with Crippen LogP contribution in [0.5, 0.6) is 0 Å². The van der Waals surface area contributed by atoms with Crippen molar-refractivity contribution in [1.29, 1.82) is 0 Å². The van der Waals surface area contributed by atoms with Gasteiger partial charge >= 0.3 is 0 Å². The van der Waals surface area contributed by atoms with Crippen molar-refractivity contribution >= 4 is 5.57 Å². The Morgan fingerprint density at radius 3 is 2.41 bits per heavy atom. The Hall–Kier alpha value is -2.49. The fraction of sp³-hybridized carbons (Fsp3) is 0. The van der Waals surface area contributed by atoms with Crippen molar-refractivity contribution < 1.29 is 4.92 Å². The SMILES string of the molecule is O=[N+]([O-])/C=C(\c1ccccc1)c1ccccn1. The quantitative estimate of drug-likeness (QED) is 0.597. The summed E-state index contributed by atoms with van der Waals surface area (Å²) in [7, 11) is 0. The third-order valence-electron chi connectivity index (χ3n) is 2.26. The Balaban J connectivity index is 2.51. The van der Waals surface area contributed by atoms with Gasteiger partial charge in [-0.3, -0.25) is 15.1 Å². The number of aromatic nitrogens is 1. The molecule has 1 aromatic carbocycles. The van der Waals surface area contributed by atoms with Crippen molar-refractivity contribution in [3.63, 3.8) is 0 Å². The number of hydrogen-bond acceptors (Lipinski definition) is 3. The normalized spacial score (nSPS) is 11.2. The molecule has 0 radical (unpaired) electrons. The van der Waals surface area contributed by atoms with E-state index in [1.165, 1.54) is 0 Å². The van der Waals surface area contributed by atoms with E-state index in [1.54, 1.807) is 24.4 Å². The minimum absolute atomic E-state index is 0.461. The summed E-state index contributed by atoms with van der Waals surface area (Å²) in [4.78, 5) is 14.3. The molecule has 4 nitrogen and oxygen atoms in total. The number of nitrogens with zero attached hydrogens (tertiary/aromatic N) is 2. The number of hydrogen-bond donors (Lipinski definition) is 0. The van der Waals surface area contributed by atoms with E-state index in [1.807, 2.05) is 30.3 Å². The zero-order valence-electron chi connectivity index (χ0n) is 8.98.